The van der Waals surface area contributed by atoms with Gasteiger partial charge in [-0.15, -0.1) is 0 Å². The highest BCUT2D eigenvalue weighted by Gasteiger charge is 2.14. The smallest absolute Gasteiger partial charge is 0.303 e. The number of nitrogens with zero attached hydrogens (tertiary/aromatic N) is 2. The number of rotatable bonds is 10. The number of sulfonamides is 1. The fraction of sp³-hybridized carbons (Fsp3) is 0.571. The first-order valence-electron chi connectivity index (χ1n) is 7.31. The second kappa shape index (κ2) is 8.70. The number of pyridine rings is 1. The Morgan fingerprint density at radius 1 is 1.27 bits per heavy atom. The Morgan fingerprint density at radius 3 is 2.55 bits per heavy atom. The van der Waals surface area contributed by atoms with E-state index in [-0.39, 0.29) is 11.4 Å². The number of nitrogens with two attached hydrogens (primary N) is 1. The van der Waals surface area contributed by atoms with Crippen LogP contribution in [0.25, 0.3) is 0 Å². The topological polar surface area (TPSA) is 114 Å². The lowest BCUT2D eigenvalue weighted by molar-refractivity contribution is -0.137. The first-order valence-corrected chi connectivity index (χ1v) is 8.86. The second-order valence-corrected chi connectivity index (χ2v) is 6.58. The molecule has 0 atom stereocenters. The van der Waals surface area contributed by atoms with Gasteiger partial charge in [-0.25, -0.2) is 18.5 Å². The van der Waals surface area contributed by atoms with Gasteiger partial charge in [0.1, 0.15) is 5.82 Å². The summed E-state index contributed by atoms with van der Waals surface area (Å²) in [4.78, 5) is 16.6. The van der Waals surface area contributed by atoms with E-state index in [1.807, 2.05) is 4.90 Å². The van der Waals surface area contributed by atoms with Crippen molar-refractivity contribution in [2.45, 2.75) is 44.1 Å². The first kappa shape index (κ1) is 18.4. The molecule has 3 N–H and O–H groups in total. The van der Waals surface area contributed by atoms with Gasteiger partial charge >= 0.3 is 5.97 Å². The van der Waals surface area contributed by atoms with Crippen molar-refractivity contribution in [2.75, 3.05) is 18.0 Å². The summed E-state index contributed by atoms with van der Waals surface area (Å²) >= 11 is 0. The van der Waals surface area contributed by atoms with Crippen LogP contribution >= 0.6 is 0 Å². The summed E-state index contributed by atoms with van der Waals surface area (Å²) in [6.45, 7) is 3.31. The molecule has 0 saturated carbocycles. The molecule has 7 nitrogen and oxygen atoms in total. The van der Waals surface area contributed by atoms with Gasteiger partial charge in [0, 0.05) is 19.5 Å². The monoisotopic (exact) mass is 329 g/mol. The van der Waals surface area contributed by atoms with Crippen molar-refractivity contribution in [3.05, 3.63) is 18.2 Å². The van der Waals surface area contributed by atoms with Gasteiger partial charge in [-0.3, -0.25) is 4.79 Å². The van der Waals surface area contributed by atoms with Crippen LogP contribution in [0, 0.1) is 0 Å². The van der Waals surface area contributed by atoms with Crippen LogP contribution in [-0.2, 0) is 14.8 Å². The van der Waals surface area contributed by atoms with Crippen LogP contribution in [0.4, 0.5) is 5.82 Å². The molecule has 0 bridgehead atoms. The van der Waals surface area contributed by atoms with Crippen LogP contribution in [0.1, 0.15) is 39.0 Å². The van der Waals surface area contributed by atoms with Gasteiger partial charge in [0.05, 0.1) is 0 Å². The quantitative estimate of drug-likeness (QED) is 0.630. The van der Waals surface area contributed by atoms with Crippen molar-refractivity contribution in [3.63, 3.8) is 0 Å². The minimum absolute atomic E-state index is 0.0686. The zero-order valence-corrected chi connectivity index (χ0v) is 13.6. The van der Waals surface area contributed by atoms with Crippen LogP contribution in [0.3, 0.4) is 0 Å². The summed E-state index contributed by atoms with van der Waals surface area (Å²) in [5, 5.41) is 13.7. The number of carboxylic acids is 1. The van der Waals surface area contributed by atoms with E-state index in [9.17, 15) is 13.2 Å². The summed E-state index contributed by atoms with van der Waals surface area (Å²) in [6, 6.07) is 4.65. The third-order valence-electron chi connectivity index (χ3n) is 3.17. The number of unbranched alkanes of at least 4 members (excludes halogenated alkanes) is 2. The Balaban J connectivity index is 2.86. The fourth-order valence-electron chi connectivity index (χ4n) is 2.05. The van der Waals surface area contributed by atoms with Gasteiger partial charge < -0.3 is 10.0 Å². The van der Waals surface area contributed by atoms with Gasteiger partial charge in [-0.1, -0.05) is 25.8 Å². The number of primary sulfonamides is 1. The molecule has 0 radical (unpaired) electrons. The maximum atomic E-state index is 11.4. The van der Waals surface area contributed by atoms with Crippen molar-refractivity contribution in [1.82, 2.24) is 4.98 Å². The Labute approximate surface area is 131 Å². The van der Waals surface area contributed by atoms with Gasteiger partial charge in [0.25, 0.3) is 10.0 Å². The zero-order chi connectivity index (χ0) is 16.6. The molecule has 124 valence electrons. The molecule has 0 saturated heterocycles. The van der Waals surface area contributed by atoms with E-state index >= 15 is 0 Å². The molecule has 0 aromatic carbocycles. The van der Waals surface area contributed by atoms with E-state index in [0.717, 1.165) is 19.3 Å². The van der Waals surface area contributed by atoms with Gasteiger partial charge in [-0.05, 0) is 25.0 Å². The molecular weight excluding hydrogens is 306 g/mol. The third-order valence-corrected chi connectivity index (χ3v) is 3.98. The van der Waals surface area contributed by atoms with Crippen molar-refractivity contribution >= 4 is 21.8 Å². The molecule has 1 aromatic heterocycles. The molecule has 0 spiro atoms. The van der Waals surface area contributed by atoms with Crippen LogP contribution in [0.5, 0.6) is 0 Å². The van der Waals surface area contributed by atoms with E-state index in [2.05, 4.69) is 11.9 Å². The Bertz CT molecular complexity index is 590. The Kier molecular flexibility index (Phi) is 7.26. The zero-order valence-electron chi connectivity index (χ0n) is 12.7. The SMILES string of the molecule is CCCCCN(CCCC(=O)O)c1cccc(S(N)(=O)=O)n1. The van der Waals surface area contributed by atoms with Gasteiger partial charge in [0.15, 0.2) is 5.03 Å². The van der Waals surface area contributed by atoms with Crippen molar-refractivity contribution < 1.29 is 18.3 Å². The standard InChI is InChI=1S/C14H23N3O4S/c1-2-3-4-10-17(11-6-9-14(18)19)12-7-5-8-13(16-12)22(15,20)21/h5,7-8H,2-4,6,9-11H2,1H3,(H,18,19)(H2,15,20,21). The fourth-order valence-corrected chi connectivity index (χ4v) is 2.54. The Morgan fingerprint density at radius 2 is 1.95 bits per heavy atom. The summed E-state index contributed by atoms with van der Waals surface area (Å²) in [7, 11) is -3.85. The molecule has 0 unspecified atom stereocenters. The minimum atomic E-state index is -3.85. The number of anilines is 1. The van der Waals surface area contributed by atoms with Crippen molar-refractivity contribution in [3.8, 4) is 0 Å². The molecule has 1 aromatic rings. The minimum Gasteiger partial charge on any atom is -0.481 e. The normalized spacial score (nSPS) is 11.4. The molecule has 1 rings (SSSR count). The number of hydrogen-bond donors (Lipinski definition) is 2. The van der Waals surface area contributed by atoms with E-state index in [1.54, 1.807) is 12.1 Å². The largest absolute Gasteiger partial charge is 0.481 e. The predicted octanol–water partition coefficient (Wildman–Crippen LogP) is 1.59. The molecule has 0 aliphatic rings. The summed E-state index contributed by atoms with van der Waals surface area (Å²) in [5.41, 5.74) is 0. The molecule has 0 aliphatic heterocycles. The predicted molar refractivity (Wildman–Crippen MR) is 84.2 cm³/mol. The summed E-state index contributed by atoms with van der Waals surface area (Å²) < 4.78 is 22.8. The number of aromatic nitrogens is 1. The maximum absolute atomic E-state index is 11.4. The molecule has 0 amide bonds. The van der Waals surface area contributed by atoms with Gasteiger partial charge in [0.2, 0.25) is 0 Å². The highest BCUT2D eigenvalue weighted by atomic mass is 32.2. The summed E-state index contributed by atoms with van der Waals surface area (Å²) in [5.74, 6) is -0.340. The molecule has 22 heavy (non-hydrogen) atoms. The molecule has 0 fully saturated rings. The second-order valence-electron chi connectivity index (χ2n) is 5.07. The van der Waals surface area contributed by atoms with Crippen LogP contribution < -0.4 is 10.0 Å². The molecule has 0 aliphatic carbocycles. The summed E-state index contributed by atoms with van der Waals surface area (Å²) in [6.07, 6.45) is 3.59. The van der Waals surface area contributed by atoms with E-state index in [4.69, 9.17) is 10.2 Å². The van der Waals surface area contributed by atoms with Crippen molar-refractivity contribution in [2.24, 2.45) is 5.14 Å². The van der Waals surface area contributed by atoms with Gasteiger partial charge in [-0.2, -0.15) is 0 Å². The number of carbonyl (C=O) groups is 1. The van der Waals surface area contributed by atoms with Crippen LogP contribution in [-0.4, -0.2) is 37.6 Å². The van der Waals surface area contributed by atoms with E-state index in [0.29, 0.717) is 25.3 Å². The van der Waals surface area contributed by atoms with Crippen LogP contribution in [0.2, 0.25) is 0 Å². The molecule has 8 heteroatoms. The number of aliphatic carboxylic acids is 1. The molecule has 1 heterocycles. The van der Waals surface area contributed by atoms with Crippen molar-refractivity contribution in [1.29, 1.82) is 0 Å². The lowest BCUT2D eigenvalue weighted by Crippen LogP contribution is -2.28. The van der Waals surface area contributed by atoms with E-state index < -0.39 is 16.0 Å². The first-order chi connectivity index (χ1) is 10.3. The maximum Gasteiger partial charge on any atom is 0.303 e. The average molecular weight is 329 g/mol. The Hall–Kier alpha value is -1.67. The average Bonchev–Trinajstić information content (AvgIpc) is 2.45. The lowest BCUT2D eigenvalue weighted by atomic mass is 10.2. The van der Waals surface area contributed by atoms with E-state index in [1.165, 1.54) is 6.07 Å². The highest BCUT2D eigenvalue weighted by Crippen LogP contribution is 2.16. The number of carboxylic acid groups (broad SMARTS) is 1. The molecular formula is C14H23N3O4S. The highest BCUT2D eigenvalue weighted by molar-refractivity contribution is 7.89. The third kappa shape index (κ3) is 6.40. The number of hydrogen-bond acceptors (Lipinski definition) is 5. The lowest BCUT2D eigenvalue weighted by Gasteiger charge is -2.23. The van der Waals surface area contributed by atoms with Crippen LogP contribution in [0.15, 0.2) is 23.2 Å².